The van der Waals surface area contributed by atoms with Gasteiger partial charge in [0.1, 0.15) is 0 Å². The van der Waals surface area contributed by atoms with Gasteiger partial charge in [-0.2, -0.15) is 0 Å². The van der Waals surface area contributed by atoms with E-state index < -0.39 is 0 Å². The quantitative estimate of drug-likeness (QED) is 0.541. The van der Waals surface area contributed by atoms with Gasteiger partial charge in [0.15, 0.2) is 0 Å². The van der Waals surface area contributed by atoms with Gasteiger partial charge in [0.05, 0.1) is 6.61 Å². The van der Waals surface area contributed by atoms with Crippen molar-refractivity contribution in [3.05, 3.63) is 11.6 Å². The van der Waals surface area contributed by atoms with Crippen LogP contribution in [0.15, 0.2) is 11.6 Å². The van der Waals surface area contributed by atoms with Crippen LogP contribution in [-0.4, -0.2) is 36.8 Å². The van der Waals surface area contributed by atoms with Gasteiger partial charge < -0.3 is 10.0 Å². The molecule has 1 N–H and O–H groups in total. The van der Waals surface area contributed by atoms with Crippen molar-refractivity contribution in [3.8, 4) is 0 Å². The first-order valence-electron chi connectivity index (χ1n) is 3.80. The summed E-state index contributed by atoms with van der Waals surface area (Å²) in [4.78, 5) is 2.28. The van der Waals surface area contributed by atoms with Crippen molar-refractivity contribution in [2.24, 2.45) is 0 Å². The minimum Gasteiger partial charge on any atom is -0.392 e. The number of nitrogens with zero attached hydrogens (tertiary/aromatic N) is 1. The molecule has 1 heterocycles. The Morgan fingerprint density at radius 1 is 1.70 bits per heavy atom. The van der Waals surface area contributed by atoms with Crippen LogP contribution >= 0.6 is 0 Å². The van der Waals surface area contributed by atoms with E-state index in [1.165, 1.54) is 25.0 Å². The van der Waals surface area contributed by atoms with E-state index in [4.69, 9.17) is 5.11 Å². The minimum absolute atomic E-state index is 0.198. The fraction of sp³-hybridized carbons (Fsp3) is 0.750. The third-order valence-corrected chi connectivity index (χ3v) is 1.89. The van der Waals surface area contributed by atoms with Gasteiger partial charge in [0, 0.05) is 6.54 Å². The molecular formula is C8H15NO. The van der Waals surface area contributed by atoms with Crippen LogP contribution in [0.2, 0.25) is 0 Å². The molecule has 0 spiro atoms. The molecule has 0 aromatic carbocycles. The molecule has 0 unspecified atom stereocenters. The summed E-state index contributed by atoms with van der Waals surface area (Å²) in [5.74, 6) is 0. The zero-order valence-corrected chi connectivity index (χ0v) is 6.51. The van der Waals surface area contributed by atoms with E-state index >= 15 is 0 Å². The highest BCUT2D eigenvalue weighted by atomic mass is 16.2. The molecule has 1 saturated heterocycles. The van der Waals surface area contributed by atoms with E-state index in [2.05, 4.69) is 11.9 Å². The van der Waals surface area contributed by atoms with Crippen molar-refractivity contribution in [2.75, 3.05) is 26.7 Å². The minimum atomic E-state index is 0.198. The first-order valence-corrected chi connectivity index (χ1v) is 3.80. The van der Waals surface area contributed by atoms with Crippen molar-refractivity contribution >= 4 is 0 Å². The summed E-state index contributed by atoms with van der Waals surface area (Å²) >= 11 is 0. The van der Waals surface area contributed by atoms with Gasteiger partial charge in [0.25, 0.3) is 0 Å². The maximum atomic E-state index is 8.61. The van der Waals surface area contributed by atoms with Crippen LogP contribution in [0.5, 0.6) is 0 Å². The third kappa shape index (κ3) is 2.12. The van der Waals surface area contributed by atoms with Gasteiger partial charge >= 0.3 is 0 Å². The van der Waals surface area contributed by atoms with E-state index in [-0.39, 0.29) is 6.61 Å². The van der Waals surface area contributed by atoms with Crippen LogP contribution in [-0.2, 0) is 0 Å². The van der Waals surface area contributed by atoms with Crippen LogP contribution in [0.25, 0.3) is 0 Å². The smallest absolute Gasteiger partial charge is 0.0615 e. The van der Waals surface area contributed by atoms with Gasteiger partial charge in [0.2, 0.25) is 0 Å². The van der Waals surface area contributed by atoms with Gasteiger partial charge in [-0.1, -0.05) is 11.6 Å². The fourth-order valence-corrected chi connectivity index (χ4v) is 1.38. The molecule has 2 nitrogen and oxygen atoms in total. The number of hydrogen-bond acceptors (Lipinski definition) is 2. The monoisotopic (exact) mass is 141 g/mol. The molecule has 1 fully saturated rings. The standard InChI is InChI=1S/C8H15NO/c1-9-5-2-3-8(7-9)4-6-10/h4,10H,2-3,5-7H2,1H3/b8-4+. The van der Waals surface area contributed by atoms with E-state index in [1.807, 2.05) is 6.08 Å². The molecule has 1 rings (SSSR count). The summed E-state index contributed by atoms with van der Waals surface area (Å²) in [6.45, 7) is 2.44. The Labute approximate surface area is 62.2 Å². The first-order chi connectivity index (χ1) is 4.83. The van der Waals surface area contributed by atoms with Gasteiger partial charge in [-0.25, -0.2) is 0 Å². The SMILES string of the molecule is CN1CCC/C(=C\CO)C1. The Morgan fingerprint density at radius 3 is 3.10 bits per heavy atom. The summed E-state index contributed by atoms with van der Waals surface area (Å²) in [5, 5.41) is 8.61. The number of aliphatic hydroxyl groups is 1. The molecular weight excluding hydrogens is 126 g/mol. The van der Waals surface area contributed by atoms with E-state index in [0.29, 0.717) is 0 Å². The summed E-state index contributed by atoms with van der Waals surface area (Å²) in [7, 11) is 2.12. The van der Waals surface area contributed by atoms with Crippen LogP contribution in [0.1, 0.15) is 12.8 Å². The van der Waals surface area contributed by atoms with Gasteiger partial charge in [-0.05, 0) is 26.4 Å². The highest BCUT2D eigenvalue weighted by Gasteiger charge is 2.08. The lowest BCUT2D eigenvalue weighted by atomic mass is 10.1. The van der Waals surface area contributed by atoms with Crippen LogP contribution in [0, 0.1) is 0 Å². The van der Waals surface area contributed by atoms with Crippen molar-refractivity contribution in [2.45, 2.75) is 12.8 Å². The molecule has 0 aromatic heterocycles. The highest BCUT2D eigenvalue weighted by Crippen LogP contribution is 2.12. The summed E-state index contributed by atoms with van der Waals surface area (Å²) < 4.78 is 0. The number of piperidine rings is 1. The predicted octanol–water partition coefficient (Wildman–Crippen LogP) is 0.631. The van der Waals surface area contributed by atoms with Crippen LogP contribution in [0.3, 0.4) is 0 Å². The van der Waals surface area contributed by atoms with Crippen LogP contribution < -0.4 is 0 Å². The average molecular weight is 141 g/mol. The largest absolute Gasteiger partial charge is 0.392 e. The third-order valence-electron chi connectivity index (χ3n) is 1.89. The zero-order valence-electron chi connectivity index (χ0n) is 6.51. The van der Waals surface area contributed by atoms with E-state index in [9.17, 15) is 0 Å². The van der Waals surface area contributed by atoms with Crippen LogP contribution in [0.4, 0.5) is 0 Å². The maximum absolute atomic E-state index is 8.61. The molecule has 1 aliphatic heterocycles. The fourth-order valence-electron chi connectivity index (χ4n) is 1.38. The van der Waals surface area contributed by atoms with Crippen molar-refractivity contribution in [1.82, 2.24) is 4.90 Å². The second kappa shape index (κ2) is 3.74. The lowest BCUT2D eigenvalue weighted by Gasteiger charge is -2.24. The highest BCUT2D eigenvalue weighted by molar-refractivity contribution is 5.06. The molecule has 1 aliphatic rings. The summed E-state index contributed by atoms with van der Waals surface area (Å²) in [6, 6.07) is 0. The second-order valence-corrected chi connectivity index (χ2v) is 2.89. The lowest BCUT2D eigenvalue weighted by molar-refractivity contribution is 0.312. The number of aliphatic hydroxyl groups excluding tert-OH is 1. The lowest BCUT2D eigenvalue weighted by Crippen LogP contribution is -2.27. The van der Waals surface area contributed by atoms with E-state index in [0.717, 1.165) is 6.54 Å². The molecule has 0 amide bonds. The Hall–Kier alpha value is -0.340. The Kier molecular flexibility index (Phi) is 2.90. The van der Waals surface area contributed by atoms with Crippen molar-refractivity contribution in [3.63, 3.8) is 0 Å². The second-order valence-electron chi connectivity index (χ2n) is 2.89. The first kappa shape index (κ1) is 7.76. The van der Waals surface area contributed by atoms with Crippen molar-refractivity contribution in [1.29, 1.82) is 0 Å². The number of hydrogen-bond donors (Lipinski definition) is 1. The number of likely N-dealkylation sites (tertiary alicyclic amines) is 1. The molecule has 0 saturated carbocycles. The number of likely N-dealkylation sites (N-methyl/N-ethyl adjacent to an activating group) is 1. The predicted molar refractivity (Wildman–Crippen MR) is 41.9 cm³/mol. The van der Waals surface area contributed by atoms with Gasteiger partial charge in [-0.3, -0.25) is 0 Å². The topological polar surface area (TPSA) is 23.5 Å². The van der Waals surface area contributed by atoms with Gasteiger partial charge in [-0.15, -0.1) is 0 Å². The molecule has 0 aliphatic carbocycles. The normalized spacial score (nSPS) is 25.6. The molecule has 0 radical (unpaired) electrons. The molecule has 0 aromatic rings. The molecule has 2 heteroatoms. The van der Waals surface area contributed by atoms with Crippen molar-refractivity contribution < 1.29 is 5.11 Å². The summed E-state index contributed by atoms with van der Waals surface area (Å²) in [5.41, 5.74) is 1.39. The average Bonchev–Trinajstić information content (AvgIpc) is 1.88. The molecule has 0 bridgehead atoms. The Bertz CT molecular complexity index is 131. The Morgan fingerprint density at radius 2 is 2.50 bits per heavy atom. The molecule has 58 valence electrons. The summed E-state index contributed by atoms with van der Waals surface area (Å²) in [6.07, 6.45) is 4.34. The van der Waals surface area contributed by atoms with E-state index in [1.54, 1.807) is 0 Å². The zero-order chi connectivity index (χ0) is 7.40. The number of rotatable bonds is 1. The Balaban J connectivity index is 2.39. The maximum Gasteiger partial charge on any atom is 0.0615 e. The molecule has 0 atom stereocenters. The molecule has 10 heavy (non-hydrogen) atoms.